The van der Waals surface area contributed by atoms with Crippen LogP contribution in [0.1, 0.15) is 25.0 Å². The number of hydrogen-bond donors (Lipinski definition) is 2. The van der Waals surface area contributed by atoms with Gasteiger partial charge in [-0.2, -0.15) is 0 Å². The molecule has 0 aromatic heterocycles. The van der Waals surface area contributed by atoms with Crippen molar-refractivity contribution >= 4 is 18.3 Å². The van der Waals surface area contributed by atoms with Crippen LogP contribution in [-0.4, -0.2) is 18.0 Å². The number of carbonyl (C=O) groups excluding carboxylic acids is 1. The van der Waals surface area contributed by atoms with Gasteiger partial charge in [0, 0.05) is 12.1 Å². The van der Waals surface area contributed by atoms with Crippen molar-refractivity contribution in [3.63, 3.8) is 0 Å². The minimum Gasteiger partial charge on any atom is -0.354 e. The monoisotopic (exact) mass is 256 g/mol. The Kier molecular flexibility index (Phi) is 6.21. The molecule has 0 aliphatic carbocycles. The van der Waals surface area contributed by atoms with Crippen molar-refractivity contribution < 1.29 is 4.79 Å². The van der Waals surface area contributed by atoms with E-state index >= 15 is 0 Å². The molecule has 0 saturated carbocycles. The van der Waals surface area contributed by atoms with Crippen LogP contribution in [-0.2, 0) is 11.2 Å². The Morgan fingerprint density at radius 1 is 1.35 bits per heavy atom. The summed E-state index contributed by atoms with van der Waals surface area (Å²) in [6.45, 7) is 6.29. The van der Waals surface area contributed by atoms with Crippen molar-refractivity contribution in [1.82, 2.24) is 5.32 Å². The average molecular weight is 257 g/mol. The molecule has 17 heavy (non-hydrogen) atoms. The molecule has 1 rings (SSSR count). The van der Waals surface area contributed by atoms with Gasteiger partial charge in [-0.25, -0.2) is 0 Å². The lowest BCUT2D eigenvalue weighted by Gasteiger charge is -2.19. The first-order valence-electron chi connectivity index (χ1n) is 5.48. The number of nitrogens with one attached hydrogen (secondary N) is 1. The molecular formula is C13H21ClN2O. The van der Waals surface area contributed by atoms with Crippen LogP contribution in [0.3, 0.4) is 0 Å². The van der Waals surface area contributed by atoms with Gasteiger partial charge in [0.05, 0.1) is 6.42 Å². The van der Waals surface area contributed by atoms with E-state index < -0.39 is 0 Å². The van der Waals surface area contributed by atoms with Gasteiger partial charge in [-0.05, 0) is 31.9 Å². The minimum atomic E-state index is -0.360. The van der Waals surface area contributed by atoms with Crippen molar-refractivity contribution in [3.05, 3.63) is 35.4 Å². The minimum absolute atomic E-state index is 0. The molecule has 0 heterocycles. The van der Waals surface area contributed by atoms with Gasteiger partial charge in [-0.1, -0.05) is 24.3 Å². The van der Waals surface area contributed by atoms with E-state index in [1.54, 1.807) is 0 Å². The second-order valence-electron chi connectivity index (χ2n) is 4.87. The molecule has 0 bridgehead atoms. The quantitative estimate of drug-likeness (QED) is 0.863. The van der Waals surface area contributed by atoms with Gasteiger partial charge in [-0.15, -0.1) is 12.4 Å². The van der Waals surface area contributed by atoms with Gasteiger partial charge in [0.2, 0.25) is 5.91 Å². The summed E-state index contributed by atoms with van der Waals surface area (Å²) < 4.78 is 0. The number of carbonyl (C=O) groups is 1. The van der Waals surface area contributed by atoms with Crippen LogP contribution in [0.4, 0.5) is 0 Å². The van der Waals surface area contributed by atoms with Crippen molar-refractivity contribution in [2.45, 2.75) is 32.7 Å². The third-order valence-electron chi connectivity index (χ3n) is 2.35. The van der Waals surface area contributed by atoms with Gasteiger partial charge in [0.25, 0.3) is 0 Å². The lowest BCUT2D eigenvalue weighted by Crippen LogP contribution is -2.45. The van der Waals surface area contributed by atoms with Gasteiger partial charge < -0.3 is 11.1 Å². The summed E-state index contributed by atoms with van der Waals surface area (Å²) in [6, 6.07) is 7.90. The molecule has 0 fully saturated rings. The van der Waals surface area contributed by atoms with E-state index in [9.17, 15) is 4.79 Å². The number of halogens is 1. The number of rotatable bonds is 4. The lowest BCUT2D eigenvalue weighted by molar-refractivity contribution is -0.120. The van der Waals surface area contributed by atoms with Crippen molar-refractivity contribution in [2.75, 3.05) is 6.54 Å². The molecule has 96 valence electrons. The van der Waals surface area contributed by atoms with Gasteiger partial charge in [-0.3, -0.25) is 4.79 Å². The summed E-state index contributed by atoms with van der Waals surface area (Å²) in [5.74, 6) is 0.0211. The zero-order valence-electron chi connectivity index (χ0n) is 10.6. The zero-order valence-corrected chi connectivity index (χ0v) is 11.4. The zero-order chi connectivity index (χ0) is 12.2. The van der Waals surface area contributed by atoms with E-state index in [-0.39, 0.29) is 23.9 Å². The van der Waals surface area contributed by atoms with Crippen LogP contribution in [0.2, 0.25) is 0 Å². The molecule has 1 amide bonds. The maximum absolute atomic E-state index is 11.6. The van der Waals surface area contributed by atoms with Crippen LogP contribution in [0.25, 0.3) is 0 Å². The van der Waals surface area contributed by atoms with E-state index in [4.69, 9.17) is 5.73 Å². The molecule has 0 aliphatic heterocycles. The Balaban J connectivity index is 0.00000256. The molecule has 0 aliphatic rings. The van der Waals surface area contributed by atoms with Crippen LogP contribution >= 0.6 is 12.4 Å². The Bertz CT molecular complexity index is 372. The number of aryl methyl sites for hydroxylation is 1. The SMILES string of the molecule is Cc1ccccc1CC(=O)NCC(C)(C)N.Cl. The Hall–Kier alpha value is -1.06. The fourth-order valence-electron chi connectivity index (χ4n) is 1.37. The highest BCUT2D eigenvalue weighted by Crippen LogP contribution is 2.07. The lowest BCUT2D eigenvalue weighted by atomic mass is 10.0. The number of amides is 1. The maximum Gasteiger partial charge on any atom is 0.224 e. The fraction of sp³-hybridized carbons (Fsp3) is 0.462. The molecule has 1 aromatic carbocycles. The third kappa shape index (κ3) is 6.29. The second-order valence-corrected chi connectivity index (χ2v) is 4.87. The van der Waals surface area contributed by atoms with Gasteiger partial charge in [0.1, 0.15) is 0 Å². The normalized spacial score (nSPS) is 10.6. The number of benzene rings is 1. The van der Waals surface area contributed by atoms with Gasteiger partial charge >= 0.3 is 0 Å². The van der Waals surface area contributed by atoms with Crippen LogP contribution in [0.5, 0.6) is 0 Å². The van der Waals surface area contributed by atoms with Crippen molar-refractivity contribution in [2.24, 2.45) is 5.73 Å². The van der Waals surface area contributed by atoms with Crippen LogP contribution in [0, 0.1) is 6.92 Å². The maximum atomic E-state index is 11.6. The highest BCUT2D eigenvalue weighted by Gasteiger charge is 2.12. The fourth-order valence-corrected chi connectivity index (χ4v) is 1.37. The average Bonchev–Trinajstić information content (AvgIpc) is 2.18. The first-order valence-corrected chi connectivity index (χ1v) is 5.48. The molecule has 0 saturated heterocycles. The molecule has 0 spiro atoms. The second kappa shape index (κ2) is 6.62. The largest absolute Gasteiger partial charge is 0.354 e. The Labute approximate surface area is 109 Å². The molecule has 3 N–H and O–H groups in total. The highest BCUT2D eigenvalue weighted by atomic mass is 35.5. The van der Waals surface area contributed by atoms with Crippen LogP contribution in [0.15, 0.2) is 24.3 Å². The van der Waals surface area contributed by atoms with Gasteiger partial charge in [0.15, 0.2) is 0 Å². The standard InChI is InChI=1S/C13H20N2O.ClH/c1-10-6-4-5-7-11(10)8-12(16)15-9-13(2,3)14;/h4-7H,8-9,14H2,1-3H3,(H,15,16);1H. The highest BCUT2D eigenvalue weighted by molar-refractivity contribution is 5.85. The topological polar surface area (TPSA) is 55.1 Å². The molecule has 4 heteroatoms. The molecule has 1 aromatic rings. The molecule has 0 atom stereocenters. The molecule has 0 unspecified atom stereocenters. The first kappa shape index (κ1) is 15.9. The predicted octanol–water partition coefficient (Wildman–Crippen LogP) is 1.81. The van der Waals surface area contributed by atoms with E-state index in [1.165, 1.54) is 0 Å². The molecule has 0 radical (unpaired) electrons. The van der Waals surface area contributed by atoms with E-state index in [1.807, 2.05) is 45.0 Å². The van der Waals surface area contributed by atoms with E-state index in [0.717, 1.165) is 11.1 Å². The summed E-state index contributed by atoms with van der Waals surface area (Å²) >= 11 is 0. The van der Waals surface area contributed by atoms with E-state index in [0.29, 0.717) is 13.0 Å². The smallest absolute Gasteiger partial charge is 0.224 e. The molecular weight excluding hydrogens is 236 g/mol. The summed E-state index contributed by atoms with van der Waals surface area (Å²) in [7, 11) is 0. The first-order chi connectivity index (χ1) is 7.38. The predicted molar refractivity (Wildman–Crippen MR) is 73.4 cm³/mol. The number of nitrogens with two attached hydrogens (primary N) is 1. The van der Waals surface area contributed by atoms with E-state index in [2.05, 4.69) is 5.32 Å². The number of hydrogen-bond acceptors (Lipinski definition) is 2. The van der Waals surface area contributed by atoms with Crippen molar-refractivity contribution in [1.29, 1.82) is 0 Å². The third-order valence-corrected chi connectivity index (χ3v) is 2.35. The summed E-state index contributed by atoms with van der Waals surface area (Å²) in [5.41, 5.74) is 7.64. The summed E-state index contributed by atoms with van der Waals surface area (Å²) in [6.07, 6.45) is 0.419. The Morgan fingerprint density at radius 3 is 2.47 bits per heavy atom. The Morgan fingerprint density at radius 2 is 1.94 bits per heavy atom. The molecule has 3 nitrogen and oxygen atoms in total. The van der Waals surface area contributed by atoms with Crippen LogP contribution < -0.4 is 11.1 Å². The summed E-state index contributed by atoms with van der Waals surface area (Å²) in [4.78, 5) is 11.6. The van der Waals surface area contributed by atoms with Crippen molar-refractivity contribution in [3.8, 4) is 0 Å². The summed E-state index contributed by atoms with van der Waals surface area (Å²) in [5, 5.41) is 2.83.